The van der Waals surface area contributed by atoms with Crippen molar-refractivity contribution in [2.24, 2.45) is 0 Å². The van der Waals surface area contributed by atoms with Crippen LogP contribution in [0.1, 0.15) is 26.1 Å². The lowest BCUT2D eigenvalue weighted by Gasteiger charge is -2.24. The Kier molecular flexibility index (Phi) is 4.13. The fourth-order valence-corrected chi connectivity index (χ4v) is 2.78. The zero-order valence-electron chi connectivity index (χ0n) is 15.1. The van der Waals surface area contributed by atoms with Gasteiger partial charge in [-0.25, -0.2) is 4.68 Å². The van der Waals surface area contributed by atoms with Crippen LogP contribution in [0.4, 0.5) is 20.7 Å². The maximum atomic E-state index is 12.8. The molecule has 0 bridgehead atoms. The molecule has 0 aliphatic rings. The first-order chi connectivity index (χ1) is 13.3. The van der Waals surface area contributed by atoms with E-state index in [1.165, 1.54) is 12.3 Å². The van der Waals surface area contributed by atoms with Crippen molar-refractivity contribution >= 4 is 22.8 Å². The summed E-state index contributed by atoms with van der Waals surface area (Å²) in [5, 5.41) is 14.8. The second-order valence-corrected chi connectivity index (χ2v) is 6.72. The van der Waals surface area contributed by atoms with Crippen LogP contribution in [-0.4, -0.2) is 34.9 Å². The maximum absolute atomic E-state index is 12.8. The highest BCUT2D eigenvalue weighted by atomic mass is 19.3. The van der Waals surface area contributed by atoms with E-state index in [2.05, 4.69) is 35.6 Å². The van der Waals surface area contributed by atoms with Gasteiger partial charge in [0.25, 0.3) is 0 Å². The lowest BCUT2D eigenvalue weighted by Crippen LogP contribution is -2.30. The average Bonchev–Trinajstić information content (AvgIpc) is 3.30. The molecule has 0 aliphatic heterocycles. The Bertz CT molecular complexity index is 1130. The van der Waals surface area contributed by atoms with Crippen molar-refractivity contribution in [3.05, 3.63) is 42.4 Å². The van der Waals surface area contributed by atoms with E-state index in [0.717, 1.165) is 16.5 Å². The molecule has 0 radical (unpaired) electrons. The van der Waals surface area contributed by atoms with Crippen LogP contribution in [0.2, 0.25) is 0 Å². The summed E-state index contributed by atoms with van der Waals surface area (Å²) >= 11 is 0. The van der Waals surface area contributed by atoms with E-state index in [9.17, 15) is 8.78 Å². The zero-order chi connectivity index (χ0) is 19.9. The Hall–Kier alpha value is -3.63. The van der Waals surface area contributed by atoms with Gasteiger partial charge in [-0.15, -0.1) is 0 Å². The van der Waals surface area contributed by atoms with E-state index in [-0.39, 0.29) is 11.9 Å². The number of H-pyrrole nitrogens is 1. The molecule has 9 nitrogen and oxygen atoms in total. The molecule has 4 N–H and O–H groups in total. The number of nitrogens with two attached hydrogens (primary N) is 1. The average molecular weight is 385 g/mol. The summed E-state index contributed by atoms with van der Waals surface area (Å²) in [6.45, 7) is 0.851. The molecule has 1 aromatic carbocycles. The molecule has 3 heterocycles. The lowest BCUT2D eigenvalue weighted by molar-refractivity contribution is 0.0558. The fraction of sp³-hybridized carbons (Fsp3) is 0.235. The minimum atomic E-state index is -2.71. The topological polar surface area (TPSA) is 123 Å². The normalized spacial score (nSPS) is 12.0. The van der Waals surface area contributed by atoms with Gasteiger partial charge >= 0.3 is 6.55 Å². The highest BCUT2D eigenvalue weighted by Crippen LogP contribution is 2.26. The van der Waals surface area contributed by atoms with Gasteiger partial charge in [0.05, 0.1) is 22.9 Å². The number of aromatic amines is 1. The van der Waals surface area contributed by atoms with Crippen molar-refractivity contribution in [3.8, 4) is 11.4 Å². The van der Waals surface area contributed by atoms with Gasteiger partial charge < -0.3 is 11.1 Å². The van der Waals surface area contributed by atoms with E-state index in [0.29, 0.717) is 16.2 Å². The van der Waals surface area contributed by atoms with Gasteiger partial charge in [-0.2, -0.15) is 33.9 Å². The Morgan fingerprint density at radius 1 is 1.18 bits per heavy atom. The van der Waals surface area contributed by atoms with E-state index >= 15 is 0 Å². The monoisotopic (exact) mass is 385 g/mol. The van der Waals surface area contributed by atoms with Crippen molar-refractivity contribution in [3.63, 3.8) is 0 Å². The number of fused-ring (bicyclic) bond motifs is 1. The van der Waals surface area contributed by atoms with E-state index in [1.54, 1.807) is 20.0 Å². The molecule has 0 fully saturated rings. The van der Waals surface area contributed by atoms with Gasteiger partial charge in [0, 0.05) is 17.1 Å². The molecule has 4 aromatic rings. The van der Waals surface area contributed by atoms with Crippen LogP contribution < -0.4 is 11.1 Å². The molecule has 3 aromatic heterocycles. The van der Waals surface area contributed by atoms with Crippen LogP contribution in [0, 0.1) is 0 Å². The largest absolute Gasteiger partial charge is 0.368 e. The van der Waals surface area contributed by atoms with Gasteiger partial charge in [-0.05, 0) is 26.0 Å². The number of benzene rings is 1. The van der Waals surface area contributed by atoms with Gasteiger partial charge in [-0.3, -0.25) is 5.10 Å². The van der Waals surface area contributed by atoms with Gasteiger partial charge in [-0.1, -0.05) is 12.1 Å². The number of hydrogen-bond donors (Lipinski definition) is 3. The smallest absolute Gasteiger partial charge is 0.333 e. The van der Waals surface area contributed by atoms with Gasteiger partial charge in [0.15, 0.2) is 5.82 Å². The predicted octanol–water partition coefficient (Wildman–Crippen LogP) is 2.94. The number of hydrogen-bond acceptors (Lipinski definition) is 7. The number of rotatable bonds is 5. The molecule has 0 spiro atoms. The molecule has 0 unspecified atom stereocenters. The summed E-state index contributed by atoms with van der Waals surface area (Å²) < 4.78 is 26.2. The number of alkyl halides is 2. The first kappa shape index (κ1) is 17.8. The number of nitrogen functional groups attached to an aromatic ring is 1. The molecule has 0 saturated carbocycles. The second-order valence-electron chi connectivity index (χ2n) is 6.72. The number of aromatic nitrogens is 7. The third-order valence-electron chi connectivity index (χ3n) is 4.23. The summed E-state index contributed by atoms with van der Waals surface area (Å²) in [6, 6.07) is 7.11. The SMILES string of the molecule is CC(C)(Nc1nc(N)nc(-c2ccc3cn[nH]c3c2)n1)c1ccn(C(F)F)n1. The zero-order valence-corrected chi connectivity index (χ0v) is 15.1. The highest BCUT2D eigenvalue weighted by Gasteiger charge is 2.26. The van der Waals surface area contributed by atoms with E-state index in [1.807, 2.05) is 18.2 Å². The molecule has 0 saturated heterocycles. The summed E-state index contributed by atoms with van der Waals surface area (Å²) in [6.07, 6.45) is 2.94. The van der Waals surface area contributed by atoms with Crippen LogP contribution in [0.5, 0.6) is 0 Å². The molecule has 11 heteroatoms. The minimum absolute atomic E-state index is 0.0334. The van der Waals surface area contributed by atoms with Crippen LogP contribution in [0.3, 0.4) is 0 Å². The van der Waals surface area contributed by atoms with Crippen molar-refractivity contribution in [2.75, 3.05) is 11.1 Å². The highest BCUT2D eigenvalue weighted by molar-refractivity contribution is 5.82. The Morgan fingerprint density at radius 2 is 2.00 bits per heavy atom. The van der Waals surface area contributed by atoms with Crippen molar-refractivity contribution < 1.29 is 8.78 Å². The minimum Gasteiger partial charge on any atom is -0.368 e. The molecule has 4 rings (SSSR count). The van der Waals surface area contributed by atoms with Crippen LogP contribution in [-0.2, 0) is 5.54 Å². The van der Waals surface area contributed by atoms with Crippen LogP contribution in [0.25, 0.3) is 22.3 Å². The maximum Gasteiger partial charge on any atom is 0.333 e. The van der Waals surface area contributed by atoms with Gasteiger partial charge in [0.2, 0.25) is 11.9 Å². The second kappa shape index (κ2) is 6.51. The number of nitrogens with one attached hydrogen (secondary N) is 2. The molecular weight excluding hydrogens is 368 g/mol. The molecule has 144 valence electrons. The molecular formula is C17H17F2N9. The lowest BCUT2D eigenvalue weighted by atomic mass is 10.0. The molecule has 0 aliphatic carbocycles. The predicted molar refractivity (Wildman–Crippen MR) is 99.5 cm³/mol. The third kappa shape index (κ3) is 3.33. The quantitative estimate of drug-likeness (QED) is 0.482. The Labute approximate surface area is 158 Å². The number of nitrogens with zero attached hydrogens (tertiary/aromatic N) is 6. The van der Waals surface area contributed by atoms with Crippen molar-refractivity contribution in [1.82, 2.24) is 34.9 Å². The Morgan fingerprint density at radius 3 is 2.75 bits per heavy atom. The summed E-state index contributed by atoms with van der Waals surface area (Å²) in [7, 11) is 0. The molecule has 0 amide bonds. The first-order valence-electron chi connectivity index (χ1n) is 8.39. The van der Waals surface area contributed by atoms with Crippen LogP contribution in [0.15, 0.2) is 36.7 Å². The van der Waals surface area contributed by atoms with Crippen molar-refractivity contribution in [2.45, 2.75) is 25.9 Å². The fourth-order valence-electron chi connectivity index (χ4n) is 2.78. The number of halogens is 2. The van der Waals surface area contributed by atoms with Gasteiger partial charge in [0.1, 0.15) is 0 Å². The van der Waals surface area contributed by atoms with Crippen molar-refractivity contribution in [1.29, 1.82) is 0 Å². The third-order valence-corrected chi connectivity index (χ3v) is 4.23. The standard InChI is InChI=1S/C17H17F2N9/c1-17(2,12-5-6-28(27-12)14(18)19)25-16-23-13(22-15(20)24-16)9-3-4-10-8-21-26-11(10)7-9/h3-8,14H,1-2H3,(H,21,26)(H3,20,22,23,24,25). The molecule has 28 heavy (non-hydrogen) atoms. The molecule has 0 atom stereocenters. The summed E-state index contributed by atoms with van der Waals surface area (Å²) in [5.74, 6) is 0.621. The Balaban J connectivity index is 1.66. The van der Waals surface area contributed by atoms with E-state index < -0.39 is 12.1 Å². The van der Waals surface area contributed by atoms with Crippen LogP contribution >= 0.6 is 0 Å². The van der Waals surface area contributed by atoms with E-state index in [4.69, 9.17) is 5.73 Å². The summed E-state index contributed by atoms with van der Waals surface area (Å²) in [4.78, 5) is 12.7. The number of anilines is 2. The first-order valence-corrected chi connectivity index (χ1v) is 8.39. The summed E-state index contributed by atoms with van der Waals surface area (Å²) in [5.41, 5.74) is 7.01.